The Morgan fingerprint density at radius 1 is 1.36 bits per heavy atom. The van der Waals surface area contributed by atoms with Gasteiger partial charge in [0.2, 0.25) is 0 Å². The summed E-state index contributed by atoms with van der Waals surface area (Å²) in [4.78, 5) is 11.3. The van der Waals surface area contributed by atoms with E-state index in [0.29, 0.717) is 5.56 Å². The van der Waals surface area contributed by atoms with Crippen LogP contribution in [-0.2, 0) is 4.57 Å². The van der Waals surface area contributed by atoms with Crippen molar-refractivity contribution in [3.8, 4) is 0 Å². The van der Waals surface area contributed by atoms with Crippen LogP contribution in [0.5, 0.6) is 0 Å². The first kappa shape index (κ1) is 10.8. The number of carbonyl (C=O) groups is 1. The van der Waals surface area contributed by atoms with Crippen molar-refractivity contribution in [2.45, 2.75) is 13.8 Å². The molecule has 0 aromatic heterocycles. The molecule has 0 saturated heterocycles. The number of hydrogen-bond acceptors (Lipinski definition) is 2. The lowest BCUT2D eigenvalue weighted by Crippen LogP contribution is -1.98. The van der Waals surface area contributed by atoms with Crippen LogP contribution in [0.4, 0.5) is 0 Å². The molecule has 0 heterocycles. The zero-order chi connectivity index (χ0) is 10.7. The highest BCUT2D eigenvalue weighted by molar-refractivity contribution is 7.47. The molecule has 2 nitrogen and oxygen atoms in total. The summed E-state index contributed by atoms with van der Waals surface area (Å²) in [5.74, 6) is 0. The maximum Gasteiger partial charge on any atom is 0.406 e. The summed E-state index contributed by atoms with van der Waals surface area (Å²) < 4.78 is 10.5. The smallest absolute Gasteiger partial charge is 0.234 e. The van der Waals surface area contributed by atoms with Gasteiger partial charge in [-0.3, -0.25) is 0 Å². The van der Waals surface area contributed by atoms with Gasteiger partial charge in [0, 0.05) is 0 Å². The maximum atomic E-state index is 11.3. The lowest BCUT2D eigenvalue weighted by atomic mass is 10.0. The van der Waals surface area contributed by atoms with E-state index < -0.39 is 8.46 Å². The van der Waals surface area contributed by atoms with Crippen LogP contribution in [0.15, 0.2) is 18.7 Å². The third-order valence-corrected chi connectivity index (χ3v) is 2.55. The second kappa shape index (κ2) is 4.30. The fourth-order valence-electron chi connectivity index (χ4n) is 1.52. The standard InChI is InChI=1S/C11H11O2P/c1-4-9-5-7(2)10(8(3)6-9)11(12)14-13/h4-6H,1H2,2-3H3/p+1. The molecular weight excluding hydrogens is 195 g/mol. The van der Waals surface area contributed by atoms with Crippen molar-refractivity contribution in [1.29, 1.82) is 0 Å². The fraction of sp³-hybridized carbons (Fsp3) is 0.182. The summed E-state index contributed by atoms with van der Waals surface area (Å²) in [6, 6.07) is 3.74. The van der Waals surface area contributed by atoms with E-state index in [1.54, 1.807) is 6.08 Å². The number of carbonyl (C=O) groups excluding carboxylic acids is 1. The van der Waals surface area contributed by atoms with Crippen molar-refractivity contribution < 1.29 is 9.36 Å². The van der Waals surface area contributed by atoms with Crippen molar-refractivity contribution in [1.82, 2.24) is 0 Å². The van der Waals surface area contributed by atoms with Crippen molar-refractivity contribution in [2.24, 2.45) is 0 Å². The molecular formula is C11H12O2P+. The maximum absolute atomic E-state index is 11.3. The van der Waals surface area contributed by atoms with Gasteiger partial charge in [-0.1, -0.05) is 29.4 Å². The minimum absolute atomic E-state index is 0.310. The van der Waals surface area contributed by atoms with Crippen molar-refractivity contribution in [3.05, 3.63) is 41.0 Å². The molecule has 0 spiro atoms. The quantitative estimate of drug-likeness (QED) is 0.713. The summed E-state index contributed by atoms with van der Waals surface area (Å²) in [6.07, 6.45) is 1.73. The van der Waals surface area contributed by atoms with Gasteiger partial charge in [0.1, 0.15) is 0 Å². The Hall–Kier alpha value is -1.27. The molecule has 0 saturated carbocycles. The summed E-state index contributed by atoms with van der Waals surface area (Å²) in [6.45, 7) is 7.34. The number of rotatable bonds is 3. The molecule has 14 heavy (non-hydrogen) atoms. The summed E-state index contributed by atoms with van der Waals surface area (Å²) in [5, 5.41) is 0. The van der Waals surface area contributed by atoms with Gasteiger partial charge < -0.3 is 0 Å². The number of hydrogen-bond donors (Lipinski definition) is 0. The molecule has 1 unspecified atom stereocenters. The van der Waals surface area contributed by atoms with Gasteiger partial charge >= 0.3 is 14.0 Å². The normalized spacial score (nSPS) is 10.1. The molecule has 3 heteroatoms. The van der Waals surface area contributed by atoms with Crippen molar-refractivity contribution in [2.75, 3.05) is 0 Å². The molecule has 72 valence electrons. The minimum atomic E-state index is -0.916. The summed E-state index contributed by atoms with van der Waals surface area (Å²) in [5.41, 5.74) is 2.95. The monoisotopic (exact) mass is 207 g/mol. The number of benzene rings is 1. The van der Waals surface area contributed by atoms with Crippen LogP contribution >= 0.6 is 8.46 Å². The minimum Gasteiger partial charge on any atom is -0.234 e. The van der Waals surface area contributed by atoms with E-state index in [-0.39, 0.29) is 5.52 Å². The third kappa shape index (κ3) is 1.97. The van der Waals surface area contributed by atoms with Crippen molar-refractivity contribution in [3.63, 3.8) is 0 Å². The van der Waals surface area contributed by atoms with Gasteiger partial charge in [0.05, 0.1) is 5.56 Å². The van der Waals surface area contributed by atoms with Gasteiger partial charge in [0.25, 0.3) is 0 Å². The first-order valence-electron chi connectivity index (χ1n) is 4.26. The summed E-state index contributed by atoms with van der Waals surface area (Å²) in [7, 11) is -0.916. The van der Waals surface area contributed by atoms with Gasteiger partial charge in [-0.05, 0) is 30.5 Å². The first-order chi connectivity index (χ1) is 6.60. The Kier molecular flexibility index (Phi) is 3.32. The van der Waals surface area contributed by atoms with Crippen LogP contribution in [0.1, 0.15) is 27.0 Å². The van der Waals surface area contributed by atoms with Gasteiger partial charge in [-0.2, -0.15) is 0 Å². The Balaban J connectivity index is 3.38. The van der Waals surface area contributed by atoms with Crippen LogP contribution in [0.2, 0.25) is 0 Å². The molecule has 1 aromatic carbocycles. The van der Waals surface area contributed by atoms with E-state index in [0.717, 1.165) is 16.7 Å². The average molecular weight is 207 g/mol. The van der Waals surface area contributed by atoms with Crippen molar-refractivity contribution >= 4 is 20.1 Å². The highest BCUT2D eigenvalue weighted by atomic mass is 31.1. The Labute approximate surface area is 84.8 Å². The highest BCUT2D eigenvalue weighted by Crippen LogP contribution is 2.21. The van der Waals surface area contributed by atoms with Crippen LogP contribution < -0.4 is 0 Å². The Morgan fingerprint density at radius 3 is 2.21 bits per heavy atom. The SMILES string of the molecule is C=Cc1cc(C)c(C(=O)[PH+]=O)c(C)c1. The zero-order valence-electron chi connectivity index (χ0n) is 8.26. The molecule has 0 amide bonds. The molecule has 1 aromatic rings. The second-order valence-corrected chi connectivity index (χ2v) is 3.82. The highest BCUT2D eigenvalue weighted by Gasteiger charge is 2.18. The van der Waals surface area contributed by atoms with Crippen LogP contribution in [0.25, 0.3) is 6.08 Å². The molecule has 0 aliphatic carbocycles. The molecule has 0 N–H and O–H groups in total. The predicted octanol–water partition coefficient (Wildman–Crippen LogP) is 3.11. The van der Waals surface area contributed by atoms with Gasteiger partial charge in [0.15, 0.2) is 0 Å². The van der Waals surface area contributed by atoms with E-state index >= 15 is 0 Å². The summed E-state index contributed by atoms with van der Waals surface area (Å²) >= 11 is 0. The zero-order valence-corrected chi connectivity index (χ0v) is 9.26. The molecule has 1 rings (SSSR count). The average Bonchev–Trinajstić information content (AvgIpc) is 2.16. The van der Waals surface area contributed by atoms with E-state index in [1.165, 1.54) is 0 Å². The first-order valence-corrected chi connectivity index (χ1v) is 5.17. The second-order valence-electron chi connectivity index (χ2n) is 3.17. The lowest BCUT2D eigenvalue weighted by Gasteiger charge is -2.04. The lowest BCUT2D eigenvalue weighted by molar-refractivity contribution is 0.108. The fourth-order valence-corrected chi connectivity index (χ4v) is 2.02. The van der Waals surface area contributed by atoms with E-state index in [2.05, 4.69) is 6.58 Å². The van der Waals surface area contributed by atoms with E-state index in [1.807, 2.05) is 26.0 Å². The number of aryl methyl sites for hydroxylation is 2. The largest absolute Gasteiger partial charge is 0.406 e. The van der Waals surface area contributed by atoms with Crippen LogP contribution in [0.3, 0.4) is 0 Å². The third-order valence-electron chi connectivity index (χ3n) is 2.11. The molecule has 0 radical (unpaired) electrons. The predicted molar refractivity (Wildman–Crippen MR) is 59.3 cm³/mol. The van der Waals surface area contributed by atoms with Crippen LogP contribution in [-0.4, -0.2) is 5.52 Å². The molecule has 0 fully saturated rings. The van der Waals surface area contributed by atoms with E-state index in [9.17, 15) is 9.36 Å². The molecule has 0 aliphatic heterocycles. The van der Waals surface area contributed by atoms with Gasteiger partial charge in [-0.25, -0.2) is 4.79 Å². The topological polar surface area (TPSA) is 34.1 Å². The molecule has 0 bridgehead atoms. The van der Waals surface area contributed by atoms with E-state index in [4.69, 9.17) is 0 Å². The van der Waals surface area contributed by atoms with Gasteiger partial charge in [-0.15, -0.1) is 0 Å². The molecule has 0 aliphatic rings. The Bertz CT molecular complexity index is 385. The molecule has 1 atom stereocenters. The van der Waals surface area contributed by atoms with Crippen LogP contribution in [0, 0.1) is 13.8 Å². The Morgan fingerprint density at radius 2 is 1.86 bits per heavy atom.